The number of hydrogen-bond donors (Lipinski definition) is 2. The number of hydrogen-bond acceptors (Lipinski definition) is 4. The van der Waals surface area contributed by atoms with Crippen molar-refractivity contribution in [2.45, 2.75) is 25.2 Å². The number of nitrogens with one attached hydrogen (secondary N) is 2. The Bertz CT molecular complexity index is 494. The van der Waals surface area contributed by atoms with E-state index in [0.717, 1.165) is 31.7 Å². The fourth-order valence-electron chi connectivity index (χ4n) is 3.59. The van der Waals surface area contributed by atoms with Gasteiger partial charge in [-0.2, -0.15) is 5.10 Å². The molecule has 6 heteroatoms. The average Bonchev–Trinajstić information content (AvgIpc) is 3.16. The van der Waals surface area contributed by atoms with Crippen molar-refractivity contribution in [1.29, 1.82) is 0 Å². The second kappa shape index (κ2) is 7.24. The molecule has 22 heavy (non-hydrogen) atoms. The zero-order valence-corrected chi connectivity index (χ0v) is 13.4. The van der Waals surface area contributed by atoms with E-state index >= 15 is 0 Å². The van der Waals surface area contributed by atoms with E-state index in [1.807, 2.05) is 19.4 Å². The third kappa shape index (κ3) is 3.67. The van der Waals surface area contributed by atoms with Gasteiger partial charge in [0.2, 0.25) is 5.91 Å². The van der Waals surface area contributed by atoms with Crippen LogP contribution in [0.5, 0.6) is 0 Å². The molecule has 0 saturated carbocycles. The van der Waals surface area contributed by atoms with Gasteiger partial charge in [-0.25, -0.2) is 0 Å². The Morgan fingerprint density at radius 1 is 1.36 bits per heavy atom. The Labute approximate surface area is 132 Å². The van der Waals surface area contributed by atoms with E-state index in [2.05, 4.69) is 20.6 Å². The first-order valence-electron chi connectivity index (χ1n) is 8.43. The maximum absolute atomic E-state index is 12.5. The molecule has 2 N–H and O–H groups in total. The molecule has 2 aliphatic rings. The van der Waals surface area contributed by atoms with Crippen molar-refractivity contribution < 1.29 is 4.79 Å². The van der Waals surface area contributed by atoms with Gasteiger partial charge in [0.05, 0.1) is 12.1 Å². The van der Waals surface area contributed by atoms with Crippen molar-refractivity contribution in [2.24, 2.45) is 13.0 Å². The average molecular weight is 305 g/mol. The van der Waals surface area contributed by atoms with Crippen LogP contribution in [0.2, 0.25) is 0 Å². The van der Waals surface area contributed by atoms with Gasteiger partial charge in [0.25, 0.3) is 0 Å². The van der Waals surface area contributed by atoms with Gasteiger partial charge in [0.15, 0.2) is 0 Å². The number of likely N-dealkylation sites (tertiary alicyclic amines) is 1. The Morgan fingerprint density at radius 2 is 2.18 bits per heavy atom. The molecule has 0 aromatic carbocycles. The predicted molar refractivity (Wildman–Crippen MR) is 85.6 cm³/mol. The summed E-state index contributed by atoms with van der Waals surface area (Å²) in [6, 6.07) is 0. The number of amides is 1. The van der Waals surface area contributed by atoms with Crippen LogP contribution in [-0.4, -0.2) is 59.9 Å². The minimum absolute atomic E-state index is 0.0190. The Kier molecular flexibility index (Phi) is 5.10. The number of nitrogens with zero attached hydrogens (tertiary/aromatic N) is 3. The lowest BCUT2D eigenvalue weighted by Gasteiger charge is -2.26. The van der Waals surface area contributed by atoms with E-state index in [1.165, 1.54) is 32.4 Å². The van der Waals surface area contributed by atoms with Crippen molar-refractivity contribution in [1.82, 2.24) is 25.3 Å². The molecule has 0 bridgehead atoms. The normalized spacial score (nSPS) is 26.2. The van der Waals surface area contributed by atoms with E-state index in [9.17, 15) is 4.79 Å². The summed E-state index contributed by atoms with van der Waals surface area (Å²) in [5, 5.41) is 10.7. The second-order valence-corrected chi connectivity index (χ2v) is 6.51. The van der Waals surface area contributed by atoms with Gasteiger partial charge in [0.1, 0.15) is 0 Å². The molecule has 2 fully saturated rings. The number of aryl methyl sites for hydroxylation is 1. The van der Waals surface area contributed by atoms with Gasteiger partial charge >= 0.3 is 0 Å². The van der Waals surface area contributed by atoms with E-state index in [4.69, 9.17) is 0 Å². The first-order chi connectivity index (χ1) is 10.7. The molecule has 1 amide bonds. The maximum atomic E-state index is 12.5. The monoisotopic (exact) mass is 305 g/mol. The third-order valence-electron chi connectivity index (χ3n) is 4.88. The highest BCUT2D eigenvalue weighted by atomic mass is 16.1. The molecule has 3 rings (SSSR count). The van der Waals surface area contributed by atoms with E-state index < -0.39 is 0 Å². The molecular weight excluding hydrogens is 278 g/mol. The van der Waals surface area contributed by atoms with Gasteiger partial charge in [-0.05, 0) is 31.5 Å². The fourth-order valence-corrected chi connectivity index (χ4v) is 3.59. The van der Waals surface area contributed by atoms with Crippen LogP contribution in [0.15, 0.2) is 12.4 Å². The molecular formula is C16H27N5O. The number of aromatic nitrogens is 2. The van der Waals surface area contributed by atoms with Crippen LogP contribution in [0.1, 0.15) is 30.7 Å². The molecule has 6 nitrogen and oxygen atoms in total. The quantitative estimate of drug-likeness (QED) is 0.823. The summed E-state index contributed by atoms with van der Waals surface area (Å²) >= 11 is 0. The Balaban J connectivity index is 1.48. The zero-order valence-electron chi connectivity index (χ0n) is 13.4. The summed E-state index contributed by atoms with van der Waals surface area (Å²) in [5.41, 5.74) is 1.16. The van der Waals surface area contributed by atoms with Crippen LogP contribution in [-0.2, 0) is 11.8 Å². The predicted octanol–water partition coefficient (Wildman–Crippen LogP) is 0.325. The molecule has 0 radical (unpaired) electrons. The molecule has 1 aromatic rings. The van der Waals surface area contributed by atoms with Crippen LogP contribution in [0.4, 0.5) is 0 Å². The smallest absolute Gasteiger partial charge is 0.225 e. The van der Waals surface area contributed by atoms with Crippen LogP contribution in [0.25, 0.3) is 0 Å². The summed E-state index contributed by atoms with van der Waals surface area (Å²) < 4.78 is 1.80. The van der Waals surface area contributed by atoms with E-state index in [1.54, 1.807) is 4.68 Å². The van der Waals surface area contributed by atoms with Crippen molar-refractivity contribution >= 4 is 5.91 Å². The fraction of sp³-hybridized carbons (Fsp3) is 0.750. The maximum Gasteiger partial charge on any atom is 0.225 e. The number of piperidine rings is 1. The molecule has 0 spiro atoms. The summed E-state index contributed by atoms with van der Waals surface area (Å²) in [4.78, 5) is 14.9. The molecule has 3 heterocycles. The Morgan fingerprint density at radius 3 is 2.91 bits per heavy atom. The minimum Gasteiger partial charge on any atom is -0.355 e. The van der Waals surface area contributed by atoms with Gasteiger partial charge in [-0.15, -0.1) is 0 Å². The molecule has 2 saturated heterocycles. The summed E-state index contributed by atoms with van der Waals surface area (Å²) in [6.45, 7) is 5.71. The van der Waals surface area contributed by atoms with Crippen LogP contribution in [0, 0.1) is 5.92 Å². The number of carbonyl (C=O) groups is 1. The zero-order chi connectivity index (χ0) is 15.4. The van der Waals surface area contributed by atoms with Gasteiger partial charge < -0.3 is 15.5 Å². The van der Waals surface area contributed by atoms with Crippen LogP contribution in [0.3, 0.4) is 0 Å². The number of rotatable bonds is 5. The molecule has 1 aromatic heterocycles. The molecule has 2 aliphatic heterocycles. The SMILES string of the molecule is Cn1cc([C@H]2CNC[C@@H]2C(=O)NCCN2CCCCC2)cn1. The highest BCUT2D eigenvalue weighted by molar-refractivity contribution is 5.80. The Hall–Kier alpha value is -1.40. The van der Waals surface area contributed by atoms with Crippen LogP contribution < -0.4 is 10.6 Å². The second-order valence-electron chi connectivity index (χ2n) is 6.51. The van der Waals surface area contributed by atoms with Crippen LogP contribution >= 0.6 is 0 Å². The van der Waals surface area contributed by atoms with Crippen molar-refractivity contribution in [3.05, 3.63) is 18.0 Å². The highest BCUT2D eigenvalue weighted by Crippen LogP contribution is 2.27. The lowest BCUT2D eigenvalue weighted by molar-refractivity contribution is -0.124. The molecule has 0 unspecified atom stereocenters. The van der Waals surface area contributed by atoms with Gasteiger partial charge in [-0.1, -0.05) is 6.42 Å². The minimum atomic E-state index is 0.0190. The standard InChI is InChI=1S/C16H27N5O/c1-20-12-13(9-19-20)14-10-17-11-15(14)16(22)18-5-8-21-6-3-2-4-7-21/h9,12,14-15,17H,2-8,10-11H2,1H3,(H,18,22)/t14-,15+/m1/s1. The third-order valence-corrected chi connectivity index (χ3v) is 4.88. The van der Waals surface area contributed by atoms with Gasteiger partial charge in [-0.3, -0.25) is 9.48 Å². The summed E-state index contributed by atoms with van der Waals surface area (Å²) in [5.74, 6) is 0.435. The first-order valence-corrected chi connectivity index (χ1v) is 8.43. The lowest BCUT2D eigenvalue weighted by atomic mass is 9.90. The largest absolute Gasteiger partial charge is 0.355 e. The van der Waals surface area contributed by atoms with Crippen molar-refractivity contribution in [2.75, 3.05) is 39.3 Å². The molecule has 0 aliphatic carbocycles. The highest BCUT2D eigenvalue weighted by Gasteiger charge is 2.34. The van der Waals surface area contributed by atoms with Crippen molar-refractivity contribution in [3.63, 3.8) is 0 Å². The summed E-state index contributed by atoms with van der Waals surface area (Å²) in [6.07, 6.45) is 7.84. The topological polar surface area (TPSA) is 62.2 Å². The summed E-state index contributed by atoms with van der Waals surface area (Å²) in [7, 11) is 1.92. The van der Waals surface area contributed by atoms with Crippen molar-refractivity contribution in [3.8, 4) is 0 Å². The van der Waals surface area contributed by atoms with E-state index in [-0.39, 0.29) is 17.7 Å². The first kappa shape index (κ1) is 15.5. The molecule has 122 valence electrons. The lowest BCUT2D eigenvalue weighted by Crippen LogP contribution is -2.40. The van der Waals surface area contributed by atoms with E-state index in [0.29, 0.717) is 0 Å². The van der Waals surface area contributed by atoms with Gasteiger partial charge in [0, 0.05) is 45.3 Å². The number of carbonyl (C=O) groups excluding carboxylic acids is 1. The molecule has 2 atom stereocenters.